The third-order valence-corrected chi connectivity index (χ3v) is 5.56. The summed E-state index contributed by atoms with van der Waals surface area (Å²) in [4.78, 5) is 0. The van der Waals surface area contributed by atoms with Gasteiger partial charge in [-0.1, -0.05) is 0 Å². The number of hydrogen-bond donors (Lipinski definition) is 2. The molecule has 4 nitrogen and oxygen atoms in total. The van der Waals surface area contributed by atoms with Gasteiger partial charge in [0.1, 0.15) is 10.0 Å². The van der Waals surface area contributed by atoms with Gasteiger partial charge in [0.15, 0.2) is 0 Å². The third kappa shape index (κ3) is 3.36. The Kier molecular flexibility index (Phi) is 4.42. The number of rotatable bonds is 5. The Morgan fingerprint density at radius 1 is 1.30 bits per heavy atom. The number of sulfonamides is 1. The lowest BCUT2D eigenvalue weighted by Gasteiger charge is -2.09. The van der Waals surface area contributed by atoms with Crippen LogP contribution in [0.2, 0.25) is 0 Å². The van der Waals surface area contributed by atoms with E-state index in [1.54, 1.807) is 25.4 Å². The van der Waals surface area contributed by atoms with Crippen molar-refractivity contribution in [3.63, 3.8) is 0 Å². The predicted molar refractivity (Wildman–Crippen MR) is 79.0 cm³/mol. The summed E-state index contributed by atoms with van der Waals surface area (Å²) in [6, 6.07) is 5.57. The minimum Gasteiger partial charge on any atom is -0.316 e. The number of aryl methyl sites for hydroxylation is 1. The Morgan fingerprint density at radius 3 is 2.70 bits per heavy atom. The topological polar surface area (TPSA) is 58.2 Å². The molecule has 0 radical (unpaired) electrons. The van der Waals surface area contributed by atoms with Crippen LogP contribution in [-0.2, 0) is 16.6 Å². The highest BCUT2D eigenvalue weighted by molar-refractivity contribution is 7.94. The monoisotopic (exact) mass is 314 g/mol. The molecule has 2 aromatic rings. The fraction of sp³-hybridized carbons (Fsp3) is 0.231. The van der Waals surface area contributed by atoms with Crippen LogP contribution in [0.25, 0.3) is 0 Å². The van der Waals surface area contributed by atoms with Crippen LogP contribution in [0.15, 0.2) is 33.9 Å². The number of hydrogen-bond acceptors (Lipinski definition) is 4. The summed E-state index contributed by atoms with van der Waals surface area (Å²) in [6.07, 6.45) is 0. The molecule has 0 fully saturated rings. The molecule has 1 aromatic heterocycles. The van der Waals surface area contributed by atoms with Crippen LogP contribution in [-0.4, -0.2) is 15.5 Å². The summed E-state index contributed by atoms with van der Waals surface area (Å²) in [5.41, 5.74) is 1.84. The summed E-state index contributed by atoms with van der Waals surface area (Å²) in [6.45, 7) is 2.27. The third-order valence-electron chi connectivity index (χ3n) is 2.71. The van der Waals surface area contributed by atoms with E-state index in [1.807, 2.05) is 0 Å². The van der Waals surface area contributed by atoms with E-state index in [2.05, 4.69) is 10.0 Å². The SMILES string of the molecule is CNCc1csc(S(=O)(=O)Nc2ccc(F)cc2C)c1. The molecule has 0 amide bonds. The zero-order valence-corrected chi connectivity index (χ0v) is 12.7. The lowest BCUT2D eigenvalue weighted by molar-refractivity contribution is 0.602. The van der Waals surface area contributed by atoms with Crippen molar-refractivity contribution in [3.05, 3.63) is 46.6 Å². The fourth-order valence-corrected chi connectivity index (χ4v) is 4.07. The largest absolute Gasteiger partial charge is 0.316 e. The molecule has 0 unspecified atom stereocenters. The Balaban J connectivity index is 2.26. The van der Waals surface area contributed by atoms with Gasteiger partial charge in [-0.2, -0.15) is 0 Å². The first-order valence-corrected chi connectivity index (χ1v) is 8.29. The van der Waals surface area contributed by atoms with E-state index in [0.717, 1.165) is 16.9 Å². The molecule has 0 aliphatic heterocycles. The van der Waals surface area contributed by atoms with E-state index in [1.165, 1.54) is 18.2 Å². The molecule has 1 heterocycles. The van der Waals surface area contributed by atoms with Crippen LogP contribution >= 0.6 is 11.3 Å². The van der Waals surface area contributed by atoms with Gasteiger partial charge in [0.05, 0.1) is 5.69 Å². The van der Waals surface area contributed by atoms with Crippen molar-refractivity contribution >= 4 is 27.0 Å². The molecule has 0 aliphatic rings. The maximum absolute atomic E-state index is 13.0. The van der Waals surface area contributed by atoms with Gasteiger partial charge in [-0.15, -0.1) is 11.3 Å². The minimum absolute atomic E-state index is 0.242. The van der Waals surface area contributed by atoms with E-state index in [4.69, 9.17) is 0 Å². The molecule has 0 atom stereocenters. The van der Waals surface area contributed by atoms with Gasteiger partial charge in [0.2, 0.25) is 0 Å². The standard InChI is InChI=1S/C13H15FN2O2S2/c1-9-5-11(14)3-4-12(9)16-20(17,18)13-6-10(7-15-2)8-19-13/h3-6,8,15-16H,7H2,1-2H3. The molecule has 0 saturated heterocycles. The van der Waals surface area contributed by atoms with E-state index >= 15 is 0 Å². The minimum atomic E-state index is -3.63. The van der Waals surface area contributed by atoms with Crippen molar-refractivity contribution < 1.29 is 12.8 Å². The predicted octanol–water partition coefficient (Wildman–Crippen LogP) is 2.72. The van der Waals surface area contributed by atoms with E-state index < -0.39 is 15.8 Å². The normalized spacial score (nSPS) is 11.6. The smallest absolute Gasteiger partial charge is 0.271 e. The maximum atomic E-state index is 13.0. The summed E-state index contributed by atoms with van der Waals surface area (Å²) in [5.74, 6) is -0.391. The highest BCUT2D eigenvalue weighted by atomic mass is 32.2. The Labute approximate surface area is 121 Å². The van der Waals surface area contributed by atoms with E-state index in [0.29, 0.717) is 17.8 Å². The molecule has 2 rings (SSSR count). The molecule has 7 heteroatoms. The van der Waals surface area contributed by atoms with Crippen molar-refractivity contribution in [3.8, 4) is 0 Å². The first-order valence-electron chi connectivity index (χ1n) is 5.93. The van der Waals surface area contributed by atoms with Crippen LogP contribution in [0.5, 0.6) is 0 Å². The molecule has 1 aromatic carbocycles. The van der Waals surface area contributed by atoms with Crippen molar-refractivity contribution in [1.29, 1.82) is 0 Å². The zero-order valence-electron chi connectivity index (χ0n) is 11.1. The molecule has 0 saturated carbocycles. The van der Waals surface area contributed by atoms with Crippen LogP contribution in [0.1, 0.15) is 11.1 Å². The Hall–Kier alpha value is -1.44. The Morgan fingerprint density at radius 2 is 2.05 bits per heavy atom. The highest BCUT2D eigenvalue weighted by Gasteiger charge is 2.17. The quantitative estimate of drug-likeness (QED) is 0.892. The van der Waals surface area contributed by atoms with E-state index in [9.17, 15) is 12.8 Å². The average molecular weight is 314 g/mol. The Bertz CT molecular complexity index is 711. The second-order valence-corrected chi connectivity index (χ2v) is 7.19. The highest BCUT2D eigenvalue weighted by Crippen LogP contribution is 2.25. The van der Waals surface area contributed by atoms with Crippen molar-refractivity contribution in [2.24, 2.45) is 0 Å². The molecule has 2 N–H and O–H groups in total. The van der Waals surface area contributed by atoms with Gasteiger partial charge >= 0.3 is 0 Å². The van der Waals surface area contributed by atoms with Crippen LogP contribution in [0, 0.1) is 12.7 Å². The number of halogens is 1. The first kappa shape index (κ1) is 15.0. The number of anilines is 1. The van der Waals surface area contributed by atoms with Crippen molar-refractivity contribution in [2.75, 3.05) is 11.8 Å². The number of benzene rings is 1. The lowest BCUT2D eigenvalue weighted by Crippen LogP contribution is -2.12. The number of nitrogens with one attached hydrogen (secondary N) is 2. The average Bonchev–Trinajstić information content (AvgIpc) is 2.83. The van der Waals surface area contributed by atoms with Gasteiger partial charge in [-0.3, -0.25) is 4.72 Å². The van der Waals surface area contributed by atoms with Gasteiger partial charge in [0, 0.05) is 6.54 Å². The first-order chi connectivity index (χ1) is 9.42. The molecule has 20 heavy (non-hydrogen) atoms. The molecule has 0 aliphatic carbocycles. The molecule has 0 bridgehead atoms. The van der Waals surface area contributed by atoms with Gasteiger partial charge in [-0.05, 0) is 54.7 Å². The summed E-state index contributed by atoms with van der Waals surface area (Å²) < 4.78 is 40.2. The summed E-state index contributed by atoms with van der Waals surface area (Å²) in [5, 5.41) is 4.76. The second kappa shape index (κ2) is 5.90. The van der Waals surface area contributed by atoms with E-state index in [-0.39, 0.29) is 4.21 Å². The van der Waals surface area contributed by atoms with Crippen molar-refractivity contribution in [1.82, 2.24) is 5.32 Å². The van der Waals surface area contributed by atoms with Gasteiger partial charge < -0.3 is 5.32 Å². The zero-order chi connectivity index (χ0) is 14.8. The molecule has 108 valence electrons. The van der Waals surface area contributed by atoms with Gasteiger partial charge in [-0.25, -0.2) is 12.8 Å². The lowest BCUT2D eigenvalue weighted by atomic mass is 10.2. The molecule has 0 spiro atoms. The summed E-state index contributed by atoms with van der Waals surface area (Å²) >= 11 is 1.16. The fourth-order valence-electron chi connectivity index (χ4n) is 1.73. The maximum Gasteiger partial charge on any atom is 0.271 e. The molecular weight excluding hydrogens is 299 g/mol. The number of thiophene rings is 1. The molecular formula is C13H15FN2O2S2. The van der Waals surface area contributed by atoms with Crippen LogP contribution in [0.3, 0.4) is 0 Å². The second-order valence-electron chi connectivity index (χ2n) is 4.37. The summed E-state index contributed by atoms with van der Waals surface area (Å²) in [7, 11) is -1.83. The van der Waals surface area contributed by atoms with Crippen LogP contribution in [0.4, 0.5) is 10.1 Å². The van der Waals surface area contributed by atoms with Crippen LogP contribution < -0.4 is 10.0 Å². The van der Waals surface area contributed by atoms with Crippen molar-refractivity contribution in [2.45, 2.75) is 17.7 Å². The van der Waals surface area contributed by atoms with Gasteiger partial charge in [0.25, 0.3) is 10.0 Å².